The van der Waals surface area contributed by atoms with E-state index >= 15 is 0 Å². The highest BCUT2D eigenvalue weighted by molar-refractivity contribution is 6.15. The smallest absolute Gasteiger partial charge is 0.293 e. The molecule has 3 aromatic rings. The summed E-state index contributed by atoms with van der Waals surface area (Å²) in [7, 11) is 0. The van der Waals surface area contributed by atoms with E-state index in [0.717, 1.165) is 24.6 Å². The van der Waals surface area contributed by atoms with Crippen molar-refractivity contribution >= 4 is 34.2 Å². The molecule has 0 spiro atoms. The third kappa shape index (κ3) is 3.10. The van der Waals surface area contributed by atoms with Crippen LogP contribution >= 0.6 is 0 Å². The molecule has 7 nitrogen and oxygen atoms in total. The Morgan fingerprint density at radius 2 is 1.56 bits per heavy atom. The number of hydrogen-bond acceptors (Lipinski definition) is 5. The Hall–Kier alpha value is -3.48. The molecule has 34 heavy (non-hydrogen) atoms. The van der Waals surface area contributed by atoms with Crippen molar-refractivity contribution in [2.24, 2.45) is 23.2 Å². The van der Waals surface area contributed by atoms with Crippen molar-refractivity contribution in [2.45, 2.75) is 38.5 Å². The summed E-state index contributed by atoms with van der Waals surface area (Å²) in [5.41, 5.74) is 1.26. The number of para-hydroxylation sites is 1. The Morgan fingerprint density at radius 3 is 2.32 bits per heavy atom. The standard InChI is InChI=1S/C27H26N2O5/c30-25(28-18-5-6-21-22(10-18)33-14-32-21)24-23(19-3-1-2-4-20(19)34-24)29-26(31)27-11-15-7-16(12-27)9-17(8-15)13-27/h1-6,10,15-17H,7-9,11-14H2,(H,28,30)(H,29,31). The summed E-state index contributed by atoms with van der Waals surface area (Å²) >= 11 is 0. The Balaban J connectivity index is 1.20. The lowest BCUT2D eigenvalue weighted by molar-refractivity contribution is -0.140. The lowest BCUT2D eigenvalue weighted by atomic mass is 9.49. The number of rotatable bonds is 4. The molecule has 7 heteroatoms. The molecule has 1 aromatic heterocycles. The molecule has 4 aliphatic carbocycles. The maximum Gasteiger partial charge on any atom is 0.293 e. The van der Waals surface area contributed by atoms with Crippen LogP contribution in [0.4, 0.5) is 11.4 Å². The van der Waals surface area contributed by atoms with E-state index in [0.29, 0.717) is 46.2 Å². The molecule has 2 amide bonds. The molecule has 2 N–H and O–H groups in total. The first-order valence-corrected chi connectivity index (χ1v) is 12.1. The van der Waals surface area contributed by atoms with Gasteiger partial charge in [0.05, 0.1) is 5.41 Å². The first-order chi connectivity index (χ1) is 16.6. The third-order valence-electron chi connectivity index (χ3n) is 8.19. The summed E-state index contributed by atoms with van der Waals surface area (Å²) in [5.74, 6) is 2.93. The van der Waals surface area contributed by atoms with Gasteiger partial charge in [0.25, 0.3) is 5.91 Å². The van der Waals surface area contributed by atoms with Gasteiger partial charge in [-0.1, -0.05) is 12.1 Å². The van der Waals surface area contributed by atoms with Crippen LogP contribution in [-0.2, 0) is 4.79 Å². The molecule has 4 saturated carbocycles. The van der Waals surface area contributed by atoms with Gasteiger partial charge in [-0.05, 0) is 80.5 Å². The van der Waals surface area contributed by atoms with Gasteiger partial charge in [-0.3, -0.25) is 9.59 Å². The van der Waals surface area contributed by atoms with Gasteiger partial charge in [-0.2, -0.15) is 0 Å². The molecule has 0 atom stereocenters. The summed E-state index contributed by atoms with van der Waals surface area (Å²) in [6.45, 7) is 0.163. The minimum atomic E-state index is -0.420. The summed E-state index contributed by atoms with van der Waals surface area (Å²) in [5, 5.41) is 6.77. The average Bonchev–Trinajstić information content (AvgIpc) is 3.43. The van der Waals surface area contributed by atoms with Crippen molar-refractivity contribution in [2.75, 3.05) is 17.4 Å². The topological polar surface area (TPSA) is 89.8 Å². The van der Waals surface area contributed by atoms with Crippen molar-refractivity contribution < 1.29 is 23.5 Å². The van der Waals surface area contributed by atoms with Crippen LogP contribution in [0.1, 0.15) is 49.1 Å². The molecule has 174 valence electrons. The minimum absolute atomic E-state index is 0.0373. The number of hydrogen-bond donors (Lipinski definition) is 2. The van der Waals surface area contributed by atoms with Crippen molar-refractivity contribution in [3.05, 3.63) is 48.2 Å². The van der Waals surface area contributed by atoms with Crippen LogP contribution in [0.25, 0.3) is 11.0 Å². The lowest BCUT2D eigenvalue weighted by Crippen LogP contribution is -2.51. The number of amides is 2. The predicted molar refractivity (Wildman–Crippen MR) is 126 cm³/mol. The van der Waals surface area contributed by atoms with Gasteiger partial charge in [0.1, 0.15) is 11.3 Å². The highest BCUT2D eigenvalue weighted by Crippen LogP contribution is 2.60. The Morgan fingerprint density at radius 1 is 0.853 bits per heavy atom. The van der Waals surface area contributed by atoms with E-state index in [1.54, 1.807) is 18.2 Å². The average molecular weight is 459 g/mol. The fraction of sp³-hybridized carbons (Fsp3) is 0.407. The molecule has 1 aliphatic heterocycles. The van der Waals surface area contributed by atoms with Crippen molar-refractivity contribution in [1.82, 2.24) is 0 Å². The van der Waals surface area contributed by atoms with Gasteiger partial charge in [-0.15, -0.1) is 0 Å². The number of ether oxygens (including phenoxy) is 2. The van der Waals surface area contributed by atoms with Gasteiger partial charge < -0.3 is 24.5 Å². The number of nitrogens with one attached hydrogen (secondary N) is 2. The second kappa shape index (κ2) is 7.26. The van der Waals surface area contributed by atoms with Crippen LogP contribution in [0, 0.1) is 23.2 Å². The van der Waals surface area contributed by atoms with Crippen LogP contribution < -0.4 is 20.1 Å². The minimum Gasteiger partial charge on any atom is -0.454 e. The molecular formula is C27H26N2O5. The second-order valence-corrected chi connectivity index (χ2v) is 10.5. The van der Waals surface area contributed by atoms with Gasteiger partial charge in [0, 0.05) is 17.1 Å². The Kier molecular flexibility index (Phi) is 4.26. The van der Waals surface area contributed by atoms with E-state index in [1.807, 2.05) is 24.3 Å². The molecule has 0 radical (unpaired) electrons. The molecule has 4 bridgehead atoms. The van der Waals surface area contributed by atoms with E-state index < -0.39 is 5.91 Å². The Labute approximate surface area is 196 Å². The highest BCUT2D eigenvalue weighted by atomic mass is 16.7. The largest absolute Gasteiger partial charge is 0.454 e. The normalized spacial score (nSPS) is 28.3. The SMILES string of the molecule is O=C(Nc1ccc2c(c1)OCO2)c1oc2ccccc2c1NC(=O)C12CC3CC(CC(C3)C1)C2. The van der Waals surface area contributed by atoms with Gasteiger partial charge >= 0.3 is 0 Å². The van der Waals surface area contributed by atoms with Crippen molar-refractivity contribution in [3.63, 3.8) is 0 Å². The molecule has 5 aliphatic rings. The third-order valence-corrected chi connectivity index (χ3v) is 8.19. The first-order valence-electron chi connectivity index (χ1n) is 12.1. The molecule has 2 heterocycles. The number of fused-ring (bicyclic) bond motifs is 2. The summed E-state index contributed by atoms with van der Waals surface area (Å²) in [6.07, 6.45) is 6.68. The number of carbonyl (C=O) groups excluding carboxylic acids is 2. The summed E-state index contributed by atoms with van der Waals surface area (Å²) < 4.78 is 16.7. The van der Waals surface area contributed by atoms with Crippen LogP contribution in [0.5, 0.6) is 11.5 Å². The van der Waals surface area contributed by atoms with E-state index in [-0.39, 0.29) is 23.9 Å². The fourth-order valence-corrected chi connectivity index (χ4v) is 7.13. The maximum atomic E-state index is 13.8. The van der Waals surface area contributed by atoms with Crippen LogP contribution in [-0.4, -0.2) is 18.6 Å². The molecular weight excluding hydrogens is 432 g/mol. The molecule has 0 saturated heterocycles. The predicted octanol–water partition coefficient (Wildman–Crippen LogP) is 5.57. The number of benzene rings is 2. The summed E-state index contributed by atoms with van der Waals surface area (Å²) in [6, 6.07) is 12.7. The zero-order chi connectivity index (χ0) is 22.9. The van der Waals surface area contributed by atoms with Crippen molar-refractivity contribution in [1.29, 1.82) is 0 Å². The zero-order valence-corrected chi connectivity index (χ0v) is 18.8. The number of furan rings is 1. The van der Waals surface area contributed by atoms with E-state index in [1.165, 1.54) is 19.3 Å². The molecule has 0 unspecified atom stereocenters. The van der Waals surface area contributed by atoms with E-state index in [9.17, 15) is 9.59 Å². The van der Waals surface area contributed by atoms with Gasteiger partial charge in [0.15, 0.2) is 11.5 Å². The number of carbonyl (C=O) groups is 2. The first kappa shape index (κ1) is 19.9. The maximum absolute atomic E-state index is 13.8. The quantitative estimate of drug-likeness (QED) is 0.534. The van der Waals surface area contributed by atoms with E-state index in [2.05, 4.69) is 10.6 Å². The van der Waals surface area contributed by atoms with Gasteiger partial charge in [0.2, 0.25) is 18.5 Å². The summed E-state index contributed by atoms with van der Waals surface area (Å²) in [4.78, 5) is 27.1. The zero-order valence-electron chi connectivity index (χ0n) is 18.8. The second-order valence-electron chi connectivity index (χ2n) is 10.5. The highest BCUT2D eigenvalue weighted by Gasteiger charge is 2.54. The molecule has 2 aromatic carbocycles. The fourth-order valence-electron chi connectivity index (χ4n) is 7.13. The van der Waals surface area contributed by atoms with Crippen LogP contribution in [0.3, 0.4) is 0 Å². The number of anilines is 2. The van der Waals surface area contributed by atoms with Gasteiger partial charge in [-0.25, -0.2) is 0 Å². The molecule has 4 fully saturated rings. The Bertz CT molecular complexity index is 1290. The van der Waals surface area contributed by atoms with Crippen molar-refractivity contribution in [3.8, 4) is 11.5 Å². The lowest BCUT2D eigenvalue weighted by Gasteiger charge is -2.55. The van der Waals surface area contributed by atoms with Crippen LogP contribution in [0.2, 0.25) is 0 Å². The van der Waals surface area contributed by atoms with Crippen LogP contribution in [0.15, 0.2) is 46.9 Å². The molecule has 8 rings (SSSR count). The monoisotopic (exact) mass is 458 g/mol. The van der Waals surface area contributed by atoms with E-state index in [4.69, 9.17) is 13.9 Å².